The minimum atomic E-state index is -1.78. The van der Waals surface area contributed by atoms with Gasteiger partial charge in [-0.3, -0.25) is 4.79 Å². The van der Waals surface area contributed by atoms with Gasteiger partial charge in [0.15, 0.2) is 11.7 Å². The monoisotopic (exact) mass is 578 g/mol. The van der Waals surface area contributed by atoms with Gasteiger partial charge in [0, 0.05) is 23.8 Å². The first-order valence-electron chi connectivity index (χ1n) is 12.7. The summed E-state index contributed by atoms with van der Waals surface area (Å²) in [5.74, 6) is -0.346. The molecule has 3 heterocycles. The summed E-state index contributed by atoms with van der Waals surface area (Å²) in [5, 5.41) is 81.2. The summed E-state index contributed by atoms with van der Waals surface area (Å²) in [6, 6.07) is 12.4. The maximum atomic E-state index is 12.7. The van der Waals surface area contributed by atoms with Crippen molar-refractivity contribution in [3.8, 4) is 22.8 Å². The fourth-order valence-electron chi connectivity index (χ4n) is 4.74. The predicted molar refractivity (Wildman–Crippen MR) is 137 cm³/mol. The van der Waals surface area contributed by atoms with Crippen molar-refractivity contribution in [1.82, 2.24) is 0 Å². The van der Waals surface area contributed by atoms with Gasteiger partial charge in [0.05, 0.1) is 13.2 Å². The van der Waals surface area contributed by atoms with Crippen LogP contribution in [0.2, 0.25) is 0 Å². The first-order chi connectivity index (χ1) is 19.6. The summed E-state index contributed by atoms with van der Waals surface area (Å²) in [4.78, 5) is 12.7. The lowest BCUT2D eigenvalue weighted by Crippen LogP contribution is -2.62. The molecular weight excluding hydrogens is 548 g/mol. The molecule has 0 unspecified atom stereocenters. The van der Waals surface area contributed by atoms with Crippen molar-refractivity contribution in [3.63, 3.8) is 0 Å². The molecular formula is C27H30O14. The van der Waals surface area contributed by atoms with E-state index in [4.69, 9.17) is 23.4 Å². The zero-order valence-corrected chi connectivity index (χ0v) is 21.3. The zero-order chi connectivity index (χ0) is 29.4. The van der Waals surface area contributed by atoms with Gasteiger partial charge >= 0.3 is 0 Å². The number of hydrogen-bond acceptors (Lipinski definition) is 14. The molecule has 2 fully saturated rings. The Hall–Kier alpha value is -3.15. The molecule has 2 aromatic carbocycles. The number of hydrogen-bond donors (Lipinski definition) is 8. The average Bonchev–Trinajstić information content (AvgIpc) is 2.96. The van der Waals surface area contributed by atoms with Crippen LogP contribution >= 0.6 is 0 Å². The molecule has 5 rings (SSSR count). The second-order valence-corrected chi connectivity index (χ2v) is 9.82. The van der Waals surface area contributed by atoms with E-state index in [0.29, 0.717) is 5.56 Å². The fourth-order valence-corrected chi connectivity index (χ4v) is 4.74. The van der Waals surface area contributed by atoms with Gasteiger partial charge in [0.1, 0.15) is 77.1 Å². The molecule has 10 atom stereocenters. The second-order valence-electron chi connectivity index (χ2n) is 9.82. The van der Waals surface area contributed by atoms with Gasteiger partial charge in [-0.15, -0.1) is 0 Å². The first kappa shape index (κ1) is 29.3. The van der Waals surface area contributed by atoms with Gasteiger partial charge in [-0.1, -0.05) is 30.3 Å². The fraction of sp³-hybridized carbons (Fsp3) is 0.444. The Balaban J connectivity index is 1.34. The van der Waals surface area contributed by atoms with Gasteiger partial charge < -0.3 is 64.2 Å². The molecule has 0 bridgehead atoms. The molecule has 0 amide bonds. The quantitative estimate of drug-likeness (QED) is 0.154. The summed E-state index contributed by atoms with van der Waals surface area (Å²) in [5.41, 5.74) is 0.0782. The highest BCUT2D eigenvalue weighted by Gasteiger charge is 2.48. The van der Waals surface area contributed by atoms with Crippen molar-refractivity contribution >= 4 is 11.0 Å². The van der Waals surface area contributed by atoms with E-state index in [1.165, 1.54) is 12.1 Å². The lowest BCUT2D eigenvalue weighted by Gasteiger charge is -2.42. The van der Waals surface area contributed by atoms with E-state index >= 15 is 0 Å². The Morgan fingerprint density at radius 2 is 1.39 bits per heavy atom. The molecule has 0 radical (unpaired) electrons. The lowest BCUT2D eigenvalue weighted by molar-refractivity contribution is -0.323. The smallest absolute Gasteiger partial charge is 0.229 e. The zero-order valence-electron chi connectivity index (χ0n) is 21.3. The van der Waals surface area contributed by atoms with Crippen LogP contribution in [0.3, 0.4) is 0 Å². The molecule has 2 saturated heterocycles. The number of aliphatic hydroxyl groups excluding tert-OH is 7. The molecule has 2 aliphatic rings. The summed E-state index contributed by atoms with van der Waals surface area (Å²) >= 11 is 0. The number of phenolic OH excluding ortho intramolecular Hbond substituents is 1. The Labute approximate surface area is 231 Å². The molecule has 1 aromatic heterocycles. The van der Waals surface area contributed by atoms with Gasteiger partial charge in [0.2, 0.25) is 6.29 Å². The normalized spacial score (nSPS) is 34.0. The number of aromatic hydroxyl groups is 1. The highest BCUT2D eigenvalue weighted by atomic mass is 16.7. The van der Waals surface area contributed by atoms with Crippen LogP contribution in [-0.2, 0) is 14.2 Å². The molecule has 14 nitrogen and oxygen atoms in total. The average molecular weight is 579 g/mol. The van der Waals surface area contributed by atoms with E-state index in [1.54, 1.807) is 30.3 Å². The summed E-state index contributed by atoms with van der Waals surface area (Å²) in [7, 11) is 0. The van der Waals surface area contributed by atoms with Crippen molar-refractivity contribution < 1.29 is 64.2 Å². The molecule has 0 aliphatic carbocycles. The van der Waals surface area contributed by atoms with Gasteiger partial charge in [-0.2, -0.15) is 0 Å². The van der Waals surface area contributed by atoms with Crippen molar-refractivity contribution in [2.24, 2.45) is 0 Å². The van der Waals surface area contributed by atoms with Crippen molar-refractivity contribution in [2.45, 2.75) is 61.4 Å². The van der Waals surface area contributed by atoms with Crippen LogP contribution in [0.5, 0.6) is 11.5 Å². The minimum absolute atomic E-state index is 0.0280. The summed E-state index contributed by atoms with van der Waals surface area (Å²) < 4.78 is 27.8. The van der Waals surface area contributed by atoms with E-state index in [2.05, 4.69) is 0 Å². The third-order valence-electron chi connectivity index (χ3n) is 7.04. The predicted octanol–water partition coefficient (Wildman–Crippen LogP) is -1.83. The van der Waals surface area contributed by atoms with Crippen LogP contribution < -0.4 is 10.2 Å². The Bertz CT molecular complexity index is 1390. The highest BCUT2D eigenvalue weighted by Crippen LogP contribution is 2.33. The molecule has 3 aromatic rings. The second kappa shape index (κ2) is 12.0. The number of rotatable bonds is 7. The Morgan fingerprint density at radius 3 is 2.07 bits per heavy atom. The topological polar surface area (TPSA) is 229 Å². The molecule has 0 saturated carbocycles. The molecule has 222 valence electrons. The number of fused-ring (bicyclic) bond motifs is 1. The lowest BCUT2D eigenvalue weighted by atomic mass is 9.98. The van der Waals surface area contributed by atoms with E-state index in [1.807, 2.05) is 0 Å². The molecule has 14 heteroatoms. The SMILES string of the molecule is O=c1cc(-c2ccccc2)oc2cc(O[C@H]3O[C@@H](CO[C@H]4O[C@@H](CO)[C@H](O)[C@@H](O)[C@@H]4O)[C@H](O)[C@@H](O)[C@@H]3O)cc(O)c12. The van der Waals surface area contributed by atoms with Crippen LogP contribution in [0.4, 0.5) is 0 Å². The first-order valence-corrected chi connectivity index (χ1v) is 12.7. The van der Waals surface area contributed by atoms with Crippen LogP contribution in [-0.4, -0.2) is 115 Å². The molecule has 2 aliphatic heterocycles. The molecule has 0 spiro atoms. The maximum absolute atomic E-state index is 12.7. The molecule has 8 N–H and O–H groups in total. The van der Waals surface area contributed by atoms with Gasteiger partial charge in [-0.05, 0) is 0 Å². The third-order valence-corrected chi connectivity index (χ3v) is 7.04. The maximum Gasteiger partial charge on any atom is 0.229 e. The van der Waals surface area contributed by atoms with E-state index in [9.17, 15) is 45.6 Å². The van der Waals surface area contributed by atoms with E-state index < -0.39 is 85.8 Å². The summed E-state index contributed by atoms with van der Waals surface area (Å²) in [6.45, 7) is -1.23. The van der Waals surface area contributed by atoms with E-state index in [-0.39, 0.29) is 22.5 Å². The van der Waals surface area contributed by atoms with Crippen molar-refractivity contribution in [1.29, 1.82) is 0 Å². The number of ether oxygens (including phenoxy) is 4. The van der Waals surface area contributed by atoms with Crippen LogP contribution in [0, 0.1) is 0 Å². The van der Waals surface area contributed by atoms with Crippen LogP contribution in [0.1, 0.15) is 0 Å². The Kier molecular flexibility index (Phi) is 8.58. The van der Waals surface area contributed by atoms with Gasteiger partial charge in [-0.25, -0.2) is 0 Å². The third kappa shape index (κ3) is 5.80. The van der Waals surface area contributed by atoms with Gasteiger partial charge in [0.25, 0.3) is 0 Å². The molecule has 41 heavy (non-hydrogen) atoms. The minimum Gasteiger partial charge on any atom is -0.507 e. The number of phenols is 1. The Morgan fingerprint density at radius 1 is 0.756 bits per heavy atom. The van der Waals surface area contributed by atoms with Crippen LogP contribution in [0.25, 0.3) is 22.3 Å². The van der Waals surface area contributed by atoms with Crippen LogP contribution in [0.15, 0.2) is 57.7 Å². The summed E-state index contributed by atoms with van der Waals surface area (Å²) in [6.07, 6.45) is -16.0. The van der Waals surface area contributed by atoms with Crippen molar-refractivity contribution in [3.05, 3.63) is 58.8 Å². The number of aliphatic hydroxyl groups is 7. The largest absolute Gasteiger partial charge is 0.507 e. The highest BCUT2D eigenvalue weighted by molar-refractivity contribution is 5.86. The van der Waals surface area contributed by atoms with Crippen molar-refractivity contribution in [2.75, 3.05) is 13.2 Å². The number of benzene rings is 2. The standard InChI is InChI=1S/C27H30O14/c28-9-17-20(31)22(33)24(35)26(40-17)37-10-18-21(32)23(34)25(36)27(41-18)38-12-6-13(29)19-14(30)8-15(39-16(19)7-12)11-4-2-1-3-5-11/h1-8,17-18,20-29,31-36H,9-10H2/t17-,18-,20-,21-,22+,23+,24-,25-,26-,27-/m0/s1. The van der Waals surface area contributed by atoms with E-state index in [0.717, 1.165) is 6.07 Å².